The number of morpholine rings is 1. The third-order valence-electron chi connectivity index (χ3n) is 5.90. The van der Waals surface area contributed by atoms with E-state index in [-0.39, 0.29) is 5.91 Å². The number of hydrogen-bond acceptors (Lipinski definition) is 5. The number of ether oxygens (including phenoxy) is 2. The molecule has 0 unspecified atom stereocenters. The molecule has 6 nitrogen and oxygen atoms in total. The van der Waals surface area contributed by atoms with E-state index in [9.17, 15) is 4.79 Å². The average Bonchev–Trinajstić information content (AvgIpc) is 2.83. The Kier molecular flexibility index (Phi) is 7.57. The Morgan fingerprint density at radius 3 is 2.88 bits per heavy atom. The number of amides is 1. The summed E-state index contributed by atoms with van der Waals surface area (Å²) in [5.41, 5.74) is 3.24. The van der Waals surface area contributed by atoms with Gasteiger partial charge in [0.25, 0.3) is 5.91 Å². The van der Waals surface area contributed by atoms with Gasteiger partial charge in [0.1, 0.15) is 11.9 Å². The normalized spacial score (nSPS) is 16.8. The van der Waals surface area contributed by atoms with Crippen LogP contribution in [0.5, 0.6) is 5.75 Å². The fourth-order valence-electron chi connectivity index (χ4n) is 4.35. The first-order valence-electron chi connectivity index (χ1n) is 11.6. The second kappa shape index (κ2) is 10.8. The van der Waals surface area contributed by atoms with Gasteiger partial charge in [-0.3, -0.25) is 14.7 Å². The predicted octanol–water partition coefficient (Wildman–Crippen LogP) is 4.13. The van der Waals surface area contributed by atoms with Crippen LogP contribution >= 0.6 is 0 Å². The maximum Gasteiger partial charge on any atom is 0.253 e. The monoisotopic (exact) mass is 447 g/mol. The van der Waals surface area contributed by atoms with Crippen LogP contribution in [0.1, 0.15) is 25.0 Å². The Bertz CT molecular complexity index is 1080. The Balaban J connectivity index is 1.45. The molecule has 3 aromatic rings. The summed E-state index contributed by atoms with van der Waals surface area (Å²) >= 11 is 0. The minimum absolute atomic E-state index is 0.0605. The summed E-state index contributed by atoms with van der Waals surface area (Å²) in [5.74, 6) is 1.28. The number of aromatic nitrogens is 1. The van der Waals surface area contributed by atoms with Gasteiger partial charge in [-0.25, -0.2) is 0 Å². The number of carbonyl (C=O) groups is 1. The van der Waals surface area contributed by atoms with E-state index < -0.39 is 6.10 Å². The maximum absolute atomic E-state index is 13.5. The van der Waals surface area contributed by atoms with Crippen molar-refractivity contribution in [2.45, 2.75) is 33.0 Å². The summed E-state index contributed by atoms with van der Waals surface area (Å²) in [6.07, 6.45) is 1.35. The zero-order valence-electron chi connectivity index (χ0n) is 19.7. The lowest BCUT2D eigenvalue weighted by atomic mass is 10.1. The number of fused-ring (bicyclic) bond motifs is 1. The van der Waals surface area contributed by atoms with E-state index in [1.807, 2.05) is 35.2 Å². The first-order chi connectivity index (χ1) is 16.0. The van der Waals surface area contributed by atoms with Crippen molar-refractivity contribution in [2.75, 3.05) is 33.4 Å². The number of rotatable bonds is 8. The highest BCUT2D eigenvalue weighted by Crippen LogP contribution is 2.19. The lowest BCUT2D eigenvalue weighted by Gasteiger charge is -2.35. The number of benzene rings is 2. The molecular formula is C27H33N3O3. The molecule has 1 atom stereocenters. The minimum atomic E-state index is -0.453. The van der Waals surface area contributed by atoms with Crippen LogP contribution in [0.25, 0.3) is 10.9 Å². The van der Waals surface area contributed by atoms with Crippen molar-refractivity contribution >= 4 is 16.8 Å². The minimum Gasteiger partial charge on any atom is -0.497 e. The lowest BCUT2D eigenvalue weighted by molar-refractivity contribution is -0.151. The highest BCUT2D eigenvalue weighted by Gasteiger charge is 2.30. The molecule has 0 N–H and O–H groups in total. The summed E-state index contributed by atoms with van der Waals surface area (Å²) in [5, 5.41) is 1.09. The molecule has 1 aromatic heterocycles. The summed E-state index contributed by atoms with van der Waals surface area (Å²) < 4.78 is 11.3. The quantitative estimate of drug-likeness (QED) is 0.520. The fraction of sp³-hybridized carbons (Fsp3) is 0.407. The second-order valence-electron chi connectivity index (χ2n) is 9.09. The van der Waals surface area contributed by atoms with Gasteiger partial charge in [0.2, 0.25) is 0 Å². The van der Waals surface area contributed by atoms with Gasteiger partial charge < -0.3 is 14.4 Å². The van der Waals surface area contributed by atoms with Gasteiger partial charge >= 0.3 is 0 Å². The first-order valence-corrected chi connectivity index (χ1v) is 11.6. The Hall–Kier alpha value is -2.96. The molecule has 0 saturated carbocycles. The standard InChI is InChI=1S/C27H33N3O3/c1-20(2)16-30(18-22-9-10-25-23(14-22)7-5-11-28-25)27(31)26-19-29(12-13-33-26)17-21-6-4-8-24(15-21)32-3/h4-11,14-15,20,26H,12-13,16-19H2,1-3H3/t26-/m1/s1. The molecule has 1 aliphatic rings. The van der Waals surface area contributed by atoms with E-state index >= 15 is 0 Å². The summed E-state index contributed by atoms with van der Waals surface area (Å²) in [4.78, 5) is 22.2. The highest BCUT2D eigenvalue weighted by atomic mass is 16.5. The van der Waals surface area contributed by atoms with Gasteiger partial charge in [-0.15, -0.1) is 0 Å². The summed E-state index contributed by atoms with van der Waals surface area (Å²) in [6.45, 7) is 8.26. The van der Waals surface area contributed by atoms with E-state index in [1.54, 1.807) is 13.3 Å². The Morgan fingerprint density at radius 2 is 2.06 bits per heavy atom. The van der Waals surface area contributed by atoms with Gasteiger partial charge in [-0.1, -0.05) is 38.1 Å². The van der Waals surface area contributed by atoms with E-state index in [4.69, 9.17) is 9.47 Å². The van der Waals surface area contributed by atoms with Crippen molar-refractivity contribution in [1.29, 1.82) is 0 Å². The molecule has 2 aromatic carbocycles. The number of pyridine rings is 1. The Morgan fingerprint density at radius 1 is 1.18 bits per heavy atom. The molecule has 6 heteroatoms. The van der Waals surface area contributed by atoms with Crippen LogP contribution in [0, 0.1) is 5.92 Å². The number of hydrogen-bond donors (Lipinski definition) is 0. The molecule has 33 heavy (non-hydrogen) atoms. The number of nitrogens with zero attached hydrogens (tertiary/aromatic N) is 3. The molecule has 0 radical (unpaired) electrons. The second-order valence-corrected chi connectivity index (χ2v) is 9.09. The highest BCUT2D eigenvalue weighted by molar-refractivity contribution is 5.82. The Labute approximate surface area is 196 Å². The lowest BCUT2D eigenvalue weighted by Crippen LogP contribution is -2.51. The van der Waals surface area contributed by atoms with Gasteiger partial charge in [0, 0.05) is 44.3 Å². The summed E-state index contributed by atoms with van der Waals surface area (Å²) in [6, 6.07) is 18.3. The molecule has 174 valence electrons. The average molecular weight is 448 g/mol. The van der Waals surface area contributed by atoms with Crippen molar-refractivity contribution in [3.8, 4) is 5.75 Å². The molecule has 1 amide bonds. The predicted molar refractivity (Wildman–Crippen MR) is 130 cm³/mol. The van der Waals surface area contributed by atoms with Crippen LogP contribution in [0.2, 0.25) is 0 Å². The van der Waals surface area contributed by atoms with Crippen LogP contribution in [0.3, 0.4) is 0 Å². The molecule has 2 heterocycles. The van der Waals surface area contributed by atoms with Crippen molar-refractivity contribution in [1.82, 2.24) is 14.8 Å². The number of methoxy groups -OCH3 is 1. The van der Waals surface area contributed by atoms with Gasteiger partial charge in [-0.05, 0) is 47.4 Å². The largest absolute Gasteiger partial charge is 0.497 e. The van der Waals surface area contributed by atoms with Gasteiger partial charge in [-0.2, -0.15) is 0 Å². The molecule has 0 bridgehead atoms. The van der Waals surface area contributed by atoms with Crippen molar-refractivity contribution < 1.29 is 14.3 Å². The van der Waals surface area contributed by atoms with Crippen LogP contribution in [-0.2, 0) is 22.6 Å². The van der Waals surface area contributed by atoms with Crippen molar-refractivity contribution in [2.24, 2.45) is 5.92 Å². The van der Waals surface area contributed by atoms with E-state index in [1.165, 1.54) is 5.56 Å². The van der Waals surface area contributed by atoms with Crippen LogP contribution in [0.15, 0.2) is 60.8 Å². The van der Waals surface area contributed by atoms with Crippen LogP contribution in [0.4, 0.5) is 0 Å². The molecule has 0 aliphatic carbocycles. The maximum atomic E-state index is 13.5. The molecule has 0 spiro atoms. The van der Waals surface area contributed by atoms with Gasteiger partial charge in [0.05, 0.1) is 19.2 Å². The van der Waals surface area contributed by atoms with E-state index in [0.717, 1.165) is 35.3 Å². The van der Waals surface area contributed by atoms with Gasteiger partial charge in [0.15, 0.2) is 0 Å². The van der Waals surface area contributed by atoms with E-state index in [2.05, 4.69) is 48.0 Å². The topological polar surface area (TPSA) is 54.9 Å². The van der Waals surface area contributed by atoms with Crippen LogP contribution < -0.4 is 4.74 Å². The third-order valence-corrected chi connectivity index (χ3v) is 5.90. The zero-order chi connectivity index (χ0) is 23.2. The third kappa shape index (κ3) is 6.09. The van der Waals surface area contributed by atoms with Crippen molar-refractivity contribution in [3.63, 3.8) is 0 Å². The summed E-state index contributed by atoms with van der Waals surface area (Å²) in [7, 11) is 1.68. The molecule has 1 saturated heterocycles. The zero-order valence-corrected chi connectivity index (χ0v) is 19.7. The SMILES string of the molecule is COc1cccc(CN2CCO[C@@H](C(=O)N(Cc3ccc4ncccc4c3)CC(C)C)C2)c1. The molecule has 4 rings (SSSR count). The fourth-order valence-corrected chi connectivity index (χ4v) is 4.35. The molecule has 1 aliphatic heterocycles. The smallest absolute Gasteiger partial charge is 0.253 e. The van der Waals surface area contributed by atoms with Crippen molar-refractivity contribution in [3.05, 3.63) is 71.9 Å². The van der Waals surface area contributed by atoms with E-state index in [0.29, 0.717) is 32.2 Å². The molecular weight excluding hydrogens is 414 g/mol. The molecule has 1 fully saturated rings. The first kappa shape index (κ1) is 23.2. The number of carbonyl (C=O) groups excluding carboxylic acids is 1. The van der Waals surface area contributed by atoms with Crippen LogP contribution in [-0.4, -0.2) is 60.1 Å².